The second-order valence-electron chi connectivity index (χ2n) is 4.00. The quantitative estimate of drug-likeness (QED) is 0.565. The van der Waals surface area contributed by atoms with Crippen molar-refractivity contribution in [2.24, 2.45) is 0 Å². The summed E-state index contributed by atoms with van der Waals surface area (Å²) in [6.07, 6.45) is -3.02. The fourth-order valence-corrected chi connectivity index (χ4v) is 1.65. The van der Waals surface area contributed by atoms with Gasteiger partial charge in [-0.25, -0.2) is 4.39 Å². The van der Waals surface area contributed by atoms with Crippen LogP contribution in [0.25, 0.3) is 0 Å². The monoisotopic (exact) mass is 232 g/mol. The van der Waals surface area contributed by atoms with E-state index in [9.17, 15) is 22.4 Å². The molecule has 1 saturated carbocycles. The van der Waals surface area contributed by atoms with Crippen molar-refractivity contribution in [1.82, 2.24) is 0 Å². The van der Waals surface area contributed by atoms with Crippen LogP contribution in [0, 0.1) is 5.82 Å². The molecule has 0 bridgehead atoms. The lowest BCUT2D eigenvalue weighted by Gasteiger charge is -2.12. The zero-order valence-corrected chi connectivity index (χ0v) is 8.14. The SMILES string of the molecule is O=CC1(c2cc(F)cc(C(F)(F)F)c2)CC1. The van der Waals surface area contributed by atoms with Crippen LogP contribution in [0.1, 0.15) is 24.0 Å². The van der Waals surface area contributed by atoms with E-state index in [1.165, 1.54) is 0 Å². The van der Waals surface area contributed by atoms with Crippen LogP contribution in [0.2, 0.25) is 0 Å². The second kappa shape index (κ2) is 3.30. The van der Waals surface area contributed by atoms with Crippen molar-refractivity contribution in [2.45, 2.75) is 24.4 Å². The number of carbonyl (C=O) groups excluding carboxylic acids is 1. The van der Waals surface area contributed by atoms with Crippen molar-refractivity contribution >= 4 is 6.29 Å². The summed E-state index contributed by atoms with van der Waals surface area (Å²) in [6, 6.07) is 2.28. The predicted molar refractivity (Wildman–Crippen MR) is 48.4 cm³/mol. The number of rotatable bonds is 2. The molecule has 86 valence electrons. The lowest BCUT2D eigenvalue weighted by atomic mass is 9.95. The molecular weight excluding hydrogens is 224 g/mol. The Morgan fingerprint density at radius 1 is 1.19 bits per heavy atom. The standard InChI is InChI=1S/C11H8F4O/c12-9-4-7(10(6-16)1-2-10)3-8(5-9)11(13,14)15/h3-6H,1-2H2. The Morgan fingerprint density at radius 2 is 1.81 bits per heavy atom. The summed E-state index contributed by atoms with van der Waals surface area (Å²) < 4.78 is 50.3. The van der Waals surface area contributed by atoms with Crippen LogP contribution in [0.15, 0.2) is 18.2 Å². The average molecular weight is 232 g/mol. The fourth-order valence-electron chi connectivity index (χ4n) is 1.65. The summed E-state index contributed by atoms with van der Waals surface area (Å²) in [4.78, 5) is 10.8. The van der Waals surface area contributed by atoms with Gasteiger partial charge in [-0.15, -0.1) is 0 Å². The number of hydrogen-bond donors (Lipinski definition) is 0. The Bertz CT molecular complexity index is 432. The molecule has 1 aliphatic rings. The molecule has 0 aromatic heterocycles. The highest BCUT2D eigenvalue weighted by molar-refractivity contribution is 5.73. The van der Waals surface area contributed by atoms with Gasteiger partial charge in [0.25, 0.3) is 0 Å². The maximum atomic E-state index is 13.0. The molecule has 0 radical (unpaired) electrons. The highest BCUT2D eigenvalue weighted by Crippen LogP contribution is 2.47. The van der Waals surface area contributed by atoms with Gasteiger partial charge in [0.15, 0.2) is 0 Å². The zero-order chi connectivity index (χ0) is 12.0. The van der Waals surface area contributed by atoms with Gasteiger partial charge in [-0.05, 0) is 36.6 Å². The maximum absolute atomic E-state index is 13.0. The Kier molecular flexibility index (Phi) is 2.29. The largest absolute Gasteiger partial charge is 0.416 e. The Hall–Kier alpha value is -1.39. The van der Waals surface area contributed by atoms with Crippen molar-refractivity contribution < 1.29 is 22.4 Å². The van der Waals surface area contributed by atoms with E-state index >= 15 is 0 Å². The van der Waals surface area contributed by atoms with Crippen LogP contribution in [0.4, 0.5) is 17.6 Å². The fraction of sp³-hybridized carbons (Fsp3) is 0.364. The van der Waals surface area contributed by atoms with Crippen molar-refractivity contribution in [3.05, 3.63) is 35.1 Å². The van der Waals surface area contributed by atoms with E-state index in [1.807, 2.05) is 0 Å². The van der Waals surface area contributed by atoms with E-state index in [0.717, 1.165) is 12.1 Å². The Balaban J connectivity index is 2.49. The molecule has 1 fully saturated rings. The van der Waals surface area contributed by atoms with E-state index in [4.69, 9.17) is 0 Å². The molecular formula is C11H8F4O. The van der Waals surface area contributed by atoms with Crippen molar-refractivity contribution in [1.29, 1.82) is 0 Å². The Labute approximate surface area is 89.1 Å². The highest BCUT2D eigenvalue weighted by Gasteiger charge is 2.45. The van der Waals surface area contributed by atoms with Gasteiger partial charge >= 0.3 is 6.18 Å². The van der Waals surface area contributed by atoms with Gasteiger partial charge in [-0.2, -0.15) is 13.2 Å². The van der Waals surface area contributed by atoms with Crippen LogP contribution in [0.3, 0.4) is 0 Å². The molecule has 1 nitrogen and oxygen atoms in total. The van der Waals surface area contributed by atoms with E-state index in [-0.39, 0.29) is 5.56 Å². The van der Waals surface area contributed by atoms with Gasteiger partial charge in [0.05, 0.1) is 11.0 Å². The van der Waals surface area contributed by atoms with E-state index in [0.29, 0.717) is 25.2 Å². The van der Waals surface area contributed by atoms with E-state index in [2.05, 4.69) is 0 Å². The highest BCUT2D eigenvalue weighted by atomic mass is 19.4. The normalized spacial score (nSPS) is 18.2. The molecule has 0 spiro atoms. The summed E-state index contributed by atoms with van der Waals surface area (Å²) in [5, 5.41) is 0. The van der Waals surface area contributed by atoms with Crippen molar-refractivity contribution in [3.8, 4) is 0 Å². The first kappa shape index (κ1) is 11.1. The number of halogens is 4. The van der Waals surface area contributed by atoms with Gasteiger partial charge in [0.1, 0.15) is 12.1 Å². The minimum absolute atomic E-state index is 0.120. The number of alkyl halides is 3. The molecule has 1 aliphatic carbocycles. The zero-order valence-electron chi connectivity index (χ0n) is 8.14. The summed E-state index contributed by atoms with van der Waals surface area (Å²) in [6.45, 7) is 0. The molecule has 5 heteroatoms. The van der Waals surface area contributed by atoms with Crippen LogP contribution < -0.4 is 0 Å². The molecule has 0 saturated heterocycles. The first-order valence-electron chi connectivity index (χ1n) is 4.72. The van der Waals surface area contributed by atoms with Crippen LogP contribution in [-0.4, -0.2) is 6.29 Å². The van der Waals surface area contributed by atoms with E-state index in [1.54, 1.807) is 0 Å². The number of carbonyl (C=O) groups is 1. The van der Waals surface area contributed by atoms with Gasteiger partial charge in [0.2, 0.25) is 0 Å². The molecule has 0 N–H and O–H groups in total. The van der Waals surface area contributed by atoms with Gasteiger partial charge < -0.3 is 4.79 Å². The van der Waals surface area contributed by atoms with Crippen LogP contribution in [-0.2, 0) is 16.4 Å². The van der Waals surface area contributed by atoms with Crippen molar-refractivity contribution in [3.63, 3.8) is 0 Å². The van der Waals surface area contributed by atoms with Gasteiger partial charge in [0, 0.05) is 0 Å². The summed E-state index contributed by atoms with van der Waals surface area (Å²) in [7, 11) is 0. The third-order valence-corrected chi connectivity index (χ3v) is 2.81. The topological polar surface area (TPSA) is 17.1 Å². The summed E-state index contributed by atoms with van der Waals surface area (Å²) in [5.41, 5.74) is -1.81. The molecule has 0 atom stereocenters. The van der Waals surface area contributed by atoms with Crippen LogP contribution in [0.5, 0.6) is 0 Å². The van der Waals surface area contributed by atoms with Crippen LogP contribution >= 0.6 is 0 Å². The summed E-state index contributed by atoms with van der Waals surface area (Å²) >= 11 is 0. The lowest BCUT2D eigenvalue weighted by Crippen LogP contribution is -2.12. The summed E-state index contributed by atoms with van der Waals surface area (Å²) in [5.74, 6) is -0.960. The number of benzene rings is 1. The van der Waals surface area contributed by atoms with Gasteiger partial charge in [-0.1, -0.05) is 0 Å². The molecule has 16 heavy (non-hydrogen) atoms. The second-order valence-corrected chi connectivity index (χ2v) is 4.00. The molecule has 0 aliphatic heterocycles. The Morgan fingerprint density at radius 3 is 2.25 bits per heavy atom. The molecule has 0 amide bonds. The third kappa shape index (κ3) is 1.81. The van der Waals surface area contributed by atoms with Crippen molar-refractivity contribution in [2.75, 3.05) is 0 Å². The third-order valence-electron chi connectivity index (χ3n) is 2.81. The molecule has 0 heterocycles. The minimum Gasteiger partial charge on any atom is -0.302 e. The lowest BCUT2D eigenvalue weighted by molar-refractivity contribution is -0.137. The maximum Gasteiger partial charge on any atom is 0.416 e. The average Bonchev–Trinajstić information content (AvgIpc) is 2.96. The smallest absolute Gasteiger partial charge is 0.302 e. The molecule has 0 unspecified atom stereocenters. The van der Waals surface area contributed by atoms with Gasteiger partial charge in [-0.3, -0.25) is 0 Å². The number of hydrogen-bond acceptors (Lipinski definition) is 1. The van der Waals surface area contributed by atoms with E-state index < -0.39 is 23.0 Å². The first-order valence-corrected chi connectivity index (χ1v) is 4.72. The first-order chi connectivity index (χ1) is 7.37. The molecule has 1 aromatic carbocycles. The molecule has 2 rings (SSSR count). The predicted octanol–water partition coefficient (Wildman–Crippen LogP) is 3.08. The number of aldehydes is 1. The molecule has 1 aromatic rings. The minimum atomic E-state index is -4.59.